The van der Waals surface area contributed by atoms with Crippen LogP contribution in [-0.4, -0.2) is 65.6 Å². The van der Waals surface area contributed by atoms with Gasteiger partial charge in [-0.2, -0.15) is 0 Å². The van der Waals surface area contributed by atoms with Crippen molar-refractivity contribution in [2.45, 2.75) is 95.4 Å². The van der Waals surface area contributed by atoms with Crippen molar-refractivity contribution in [3.05, 3.63) is 36.4 Å². The lowest BCUT2D eigenvalue weighted by Crippen LogP contribution is -2.57. The number of nitrogens with one attached hydrogen (secondary N) is 3. The van der Waals surface area contributed by atoms with Crippen molar-refractivity contribution < 1.29 is 28.7 Å². The van der Waals surface area contributed by atoms with Crippen molar-refractivity contribution in [3.8, 4) is 5.75 Å². The van der Waals surface area contributed by atoms with E-state index in [4.69, 9.17) is 9.47 Å². The molecular formula is C30H42N4O6. The topological polar surface area (TPSA) is 126 Å². The molecule has 1 saturated heterocycles. The standard InChI is InChI=1S/C30H42N4O6/c1-29(2,3)40-28(38)32-23-15-9-7-5-6-8-12-20-19-30(20,27(37)31-21-13-10-14-22(18-21)39-4)33-25(35)24-16-11-17-34(24)26(23)36/h8,10,12-14,18,20,23-24H,5-7,9,11,15-17,19H2,1-4H3,(H,31,37)(H,32,38)(H,33,35)/b12-8-/t20-,23+,24?,30-/m1/s1. The number of methoxy groups -OCH3 is 1. The van der Waals surface area contributed by atoms with E-state index in [0.717, 1.165) is 25.7 Å². The van der Waals surface area contributed by atoms with Gasteiger partial charge in [-0.3, -0.25) is 14.4 Å². The van der Waals surface area contributed by atoms with E-state index in [1.54, 1.807) is 57.0 Å². The Balaban J connectivity index is 1.54. The second-order valence-corrected chi connectivity index (χ2v) is 11.9. The maximum atomic E-state index is 13.7. The molecule has 4 rings (SSSR count). The Morgan fingerprint density at radius 1 is 1.10 bits per heavy atom. The van der Waals surface area contributed by atoms with E-state index in [9.17, 15) is 19.2 Å². The molecule has 2 fully saturated rings. The molecule has 0 aromatic heterocycles. The summed E-state index contributed by atoms with van der Waals surface area (Å²) < 4.78 is 10.7. The molecule has 0 radical (unpaired) electrons. The molecule has 0 spiro atoms. The smallest absolute Gasteiger partial charge is 0.408 e. The van der Waals surface area contributed by atoms with Gasteiger partial charge >= 0.3 is 6.09 Å². The molecule has 40 heavy (non-hydrogen) atoms. The Morgan fingerprint density at radius 3 is 2.65 bits per heavy atom. The third kappa shape index (κ3) is 7.14. The summed E-state index contributed by atoms with van der Waals surface area (Å²) in [4.78, 5) is 55.0. The zero-order chi connectivity index (χ0) is 28.9. The van der Waals surface area contributed by atoms with Gasteiger partial charge in [-0.25, -0.2) is 4.79 Å². The fourth-order valence-corrected chi connectivity index (χ4v) is 5.49. The average molecular weight is 555 g/mol. The minimum absolute atomic E-state index is 0.140. The summed E-state index contributed by atoms with van der Waals surface area (Å²) in [5.41, 5.74) is -1.22. The summed E-state index contributed by atoms with van der Waals surface area (Å²) in [6.07, 6.45) is 8.91. The Bertz CT molecular complexity index is 1150. The molecule has 10 heteroatoms. The summed E-state index contributed by atoms with van der Waals surface area (Å²) >= 11 is 0. The van der Waals surface area contributed by atoms with Crippen LogP contribution < -0.4 is 20.7 Å². The average Bonchev–Trinajstić information content (AvgIpc) is 3.35. The molecule has 2 aliphatic heterocycles. The normalized spacial score (nSPS) is 28.1. The van der Waals surface area contributed by atoms with Crippen LogP contribution in [0.2, 0.25) is 0 Å². The van der Waals surface area contributed by atoms with Gasteiger partial charge in [0.1, 0.15) is 29.0 Å². The first-order valence-electron chi connectivity index (χ1n) is 14.3. The molecule has 4 atom stereocenters. The number of carbonyl (C=O) groups excluding carboxylic acids is 4. The summed E-state index contributed by atoms with van der Waals surface area (Å²) in [5.74, 6) is -0.469. The highest BCUT2D eigenvalue weighted by Gasteiger charge is 2.60. The van der Waals surface area contributed by atoms with Gasteiger partial charge in [-0.05, 0) is 71.4 Å². The van der Waals surface area contributed by atoms with Crippen LogP contribution in [0.4, 0.5) is 10.5 Å². The lowest BCUT2D eigenvalue weighted by molar-refractivity contribution is -0.141. The van der Waals surface area contributed by atoms with E-state index in [1.165, 1.54) is 0 Å². The lowest BCUT2D eigenvalue weighted by atomic mass is 10.0. The van der Waals surface area contributed by atoms with Gasteiger partial charge in [0.25, 0.3) is 5.91 Å². The first kappa shape index (κ1) is 29.4. The second-order valence-electron chi connectivity index (χ2n) is 11.9. The highest BCUT2D eigenvalue weighted by Crippen LogP contribution is 2.46. The first-order chi connectivity index (χ1) is 19.0. The highest BCUT2D eigenvalue weighted by molar-refractivity contribution is 6.04. The molecule has 1 aromatic carbocycles. The summed E-state index contributed by atoms with van der Waals surface area (Å²) in [7, 11) is 1.56. The molecule has 1 unspecified atom stereocenters. The minimum atomic E-state index is -1.09. The van der Waals surface area contributed by atoms with E-state index >= 15 is 0 Å². The molecule has 3 N–H and O–H groups in total. The number of hydrogen-bond acceptors (Lipinski definition) is 6. The zero-order valence-corrected chi connectivity index (χ0v) is 24.0. The Kier molecular flexibility index (Phi) is 9.05. The van der Waals surface area contributed by atoms with Crippen LogP contribution >= 0.6 is 0 Å². The number of nitrogens with zero attached hydrogens (tertiary/aromatic N) is 1. The number of rotatable bonds is 4. The van der Waals surface area contributed by atoms with Crippen molar-refractivity contribution >= 4 is 29.5 Å². The van der Waals surface area contributed by atoms with Crippen molar-refractivity contribution in [1.82, 2.24) is 15.5 Å². The van der Waals surface area contributed by atoms with E-state index < -0.39 is 29.3 Å². The summed E-state index contributed by atoms with van der Waals surface area (Å²) in [6, 6.07) is 5.57. The van der Waals surface area contributed by atoms with Gasteiger partial charge in [-0.15, -0.1) is 0 Å². The second kappa shape index (κ2) is 12.3. The first-order valence-corrected chi connectivity index (χ1v) is 14.3. The van der Waals surface area contributed by atoms with Crippen LogP contribution in [0.15, 0.2) is 36.4 Å². The fourth-order valence-electron chi connectivity index (χ4n) is 5.49. The molecule has 10 nitrogen and oxygen atoms in total. The number of hydrogen-bond donors (Lipinski definition) is 3. The number of benzene rings is 1. The number of carbonyl (C=O) groups is 4. The van der Waals surface area contributed by atoms with Gasteiger partial charge in [0, 0.05) is 24.2 Å². The van der Waals surface area contributed by atoms with Crippen LogP contribution in [0, 0.1) is 5.92 Å². The largest absolute Gasteiger partial charge is 0.497 e. The fraction of sp³-hybridized carbons (Fsp3) is 0.600. The van der Waals surface area contributed by atoms with Gasteiger partial charge in [0.15, 0.2) is 0 Å². The number of anilines is 1. The number of fused-ring (bicyclic) bond motifs is 2. The van der Waals surface area contributed by atoms with E-state index in [0.29, 0.717) is 43.7 Å². The van der Waals surface area contributed by atoms with E-state index in [2.05, 4.69) is 22.0 Å². The predicted molar refractivity (Wildman–Crippen MR) is 151 cm³/mol. The van der Waals surface area contributed by atoms with Gasteiger partial charge < -0.3 is 30.3 Å². The highest BCUT2D eigenvalue weighted by atomic mass is 16.6. The molecule has 1 aromatic rings. The molecule has 0 bridgehead atoms. The number of alkyl carbamates (subject to hydrolysis) is 1. The van der Waals surface area contributed by atoms with E-state index in [-0.39, 0.29) is 23.6 Å². The zero-order valence-electron chi connectivity index (χ0n) is 24.0. The van der Waals surface area contributed by atoms with Crippen molar-refractivity contribution in [2.75, 3.05) is 19.0 Å². The summed E-state index contributed by atoms with van der Waals surface area (Å²) in [6.45, 7) is 5.72. The molecule has 3 aliphatic rings. The monoisotopic (exact) mass is 554 g/mol. The summed E-state index contributed by atoms with van der Waals surface area (Å²) in [5, 5.41) is 8.72. The molecule has 4 amide bonds. The predicted octanol–water partition coefficient (Wildman–Crippen LogP) is 3.91. The minimum Gasteiger partial charge on any atom is -0.497 e. The maximum Gasteiger partial charge on any atom is 0.408 e. The maximum absolute atomic E-state index is 13.7. The number of ether oxygens (including phenoxy) is 2. The Hall–Kier alpha value is -3.56. The molecule has 1 aliphatic carbocycles. The molecule has 2 heterocycles. The lowest BCUT2D eigenvalue weighted by Gasteiger charge is -2.30. The van der Waals surface area contributed by atoms with Crippen LogP contribution in [-0.2, 0) is 19.1 Å². The van der Waals surface area contributed by atoms with Crippen LogP contribution in [0.25, 0.3) is 0 Å². The third-order valence-corrected chi connectivity index (χ3v) is 7.65. The molecule has 218 valence electrons. The van der Waals surface area contributed by atoms with E-state index in [1.807, 2.05) is 6.08 Å². The number of amides is 4. The van der Waals surface area contributed by atoms with Gasteiger partial charge in [0.05, 0.1) is 7.11 Å². The van der Waals surface area contributed by atoms with Crippen LogP contribution in [0.5, 0.6) is 5.75 Å². The van der Waals surface area contributed by atoms with Gasteiger partial charge in [0.2, 0.25) is 11.8 Å². The Labute approximate surface area is 236 Å². The van der Waals surface area contributed by atoms with Gasteiger partial charge in [-0.1, -0.05) is 31.1 Å². The van der Waals surface area contributed by atoms with Crippen LogP contribution in [0.1, 0.15) is 72.1 Å². The van der Waals surface area contributed by atoms with Crippen molar-refractivity contribution in [2.24, 2.45) is 5.92 Å². The van der Waals surface area contributed by atoms with Crippen LogP contribution in [0.3, 0.4) is 0 Å². The Morgan fingerprint density at radius 2 is 1.90 bits per heavy atom. The van der Waals surface area contributed by atoms with Crippen molar-refractivity contribution in [3.63, 3.8) is 0 Å². The molecular weight excluding hydrogens is 512 g/mol. The number of allylic oxidation sites excluding steroid dienone is 1. The third-order valence-electron chi connectivity index (χ3n) is 7.65. The van der Waals surface area contributed by atoms with Crippen molar-refractivity contribution in [1.29, 1.82) is 0 Å². The quantitative estimate of drug-likeness (QED) is 0.485. The SMILES string of the molecule is COc1cccc(NC(=O)[C@@]23C[C@H]2/C=C\CCCCC[C@H](NC(=O)OC(C)(C)C)C(=O)N2CCCC2C(=O)N3)c1. The molecule has 1 saturated carbocycles.